The molecule has 1 atom stereocenters. The molecule has 6 nitrogen and oxygen atoms in total. The van der Waals surface area contributed by atoms with Crippen molar-refractivity contribution < 1.29 is 19.1 Å². The van der Waals surface area contributed by atoms with Gasteiger partial charge in [-0.25, -0.2) is 0 Å². The van der Waals surface area contributed by atoms with Gasteiger partial charge in [0.2, 0.25) is 11.8 Å². The van der Waals surface area contributed by atoms with E-state index in [1.165, 1.54) is 0 Å². The van der Waals surface area contributed by atoms with Crippen molar-refractivity contribution in [3.8, 4) is 11.5 Å². The van der Waals surface area contributed by atoms with Crippen molar-refractivity contribution in [2.45, 2.75) is 30.7 Å². The first-order valence-electron chi connectivity index (χ1n) is 9.35. The highest BCUT2D eigenvalue weighted by Gasteiger charge is 2.46. The summed E-state index contributed by atoms with van der Waals surface area (Å²) in [4.78, 5) is 25.8. The first kappa shape index (κ1) is 19.7. The molecule has 2 amide bonds. The van der Waals surface area contributed by atoms with Crippen molar-refractivity contribution >= 4 is 11.8 Å². The van der Waals surface area contributed by atoms with Gasteiger partial charge in [0.05, 0.1) is 19.6 Å². The maximum atomic E-state index is 13.3. The van der Waals surface area contributed by atoms with Crippen LogP contribution in [0, 0.1) is 0 Å². The van der Waals surface area contributed by atoms with Gasteiger partial charge in [-0.1, -0.05) is 30.7 Å². The van der Waals surface area contributed by atoms with Crippen LogP contribution < -0.4 is 20.1 Å². The third-order valence-corrected chi connectivity index (χ3v) is 5.50. The van der Waals surface area contributed by atoms with E-state index < -0.39 is 11.5 Å². The highest BCUT2D eigenvalue weighted by atomic mass is 16.5. The van der Waals surface area contributed by atoms with Crippen molar-refractivity contribution in [3.63, 3.8) is 0 Å². The summed E-state index contributed by atoms with van der Waals surface area (Å²) in [5, 5.41) is 5.61. The van der Waals surface area contributed by atoms with E-state index in [0.29, 0.717) is 11.3 Å². The third-order valence-electron chi connectivity index (χ3n) is 5.50. The molecule has 2 N–H and O–H groups in total. The second kappa shape index (κ2) is 8.33. The highest BCUT2D eigenvalue weighted by Crippen LogP contribution is 2.44. The maximum Gasteiger partial charge on any atom is 0.246 e. The summed E-state index contributed by atoms with van der Waals surface area (Å²) in [6.45, 7) is 0. The van der Waals surface area contributed by atoms with Crippen LogP contribution in [-0.4, -0.2) is 33.1 Å². The summed E-state index contributed by atoms with van der Waals surface area (Å²) in [6, 6.07) is 14.0. The lowest BCUT2D eigenvalue weighted by atomic mass is 9.63. The summed E-state index contributed by atoms with van der Waals surface area (Å²) >= 11 is 0. The molecule has 0 bridgehead atoms. The Kier molecular flexibility index (Phi) is 5.87. The number of carbonyl (C=O) groups excluding carboxylic acids is 2. The first-order valence-corrected chi connectivity index (χ1v) is 9.35. The lowest BCUT2D eigenvalue weighted by Crippen LogP contribution is -2.52. The number of carbonyl (C=O) groups is 2. The molecule has 6 heteroatoms. The van der Waals surface area contributed by atoms with Crippen LogP contribution in [0.25, 0.3) is 0 Å². The fraction of sp³-hybridized carbons (Fsp3) is 0.364. The average Bonchev–Trinajstić information content (AvgIpc) is 2.71. The molecule has 0 aliphatic heterocycles. The predicted molar refractivity (Wildman–Crippen MR) is 106 cm³/mol. The van der Waals surface area contributed by atoms with E-state index in [1.807, 2.05) is 30.3 Å². The van der Waals surface area contributed by atoms with Gasteiger partial charge in [-0.05, 0) is 48.2 Å². The standard InChI is InChI=1S/C22H26N2O4/c1-23-20(25)19(15-6-4-7-18(14-15)28-3)24-21(26)22(12-5-13-22)16-8-10-17(27-2)11-9-16/h4,6-11,14,19H,5,12-13H2,1-3H3,(H,23,25)(H,24,26). The normalized spacial score (nSPS) is 15.7. The number of ether oxygens (including phenoxy) is 2. The fourth-order valence-corrected chi connectivity index (χ4v) is 3.62. The monoisotopic (exact) mass is 382 g/mol. The molecule has 28 heavy (non-hydrogen) atoms. The van der Waals surface area contributed by atoms with Crippen LogP contribution in [0.5, 0.6) is 11.5 Å². The van der Waals surface area contributed by atoms with E-state index in [-0.39, 0.29) is 11.8 Å². The number of hydrogen-bond donors (Lipinski definition) is 2. The maximum absolute atomic E-state index is 13.3. The van der Waals surface area contributed by atoms with Crippen molar-refractivity contribution in [1.82, 2.24) is 10.6 Å². The lowest BCUT2D eigenvalue weighted by Gasteiger charge is -2.41. The van der Waals surface area contributed by atoms with Gasteiger partial charge in [0.15, 0.2) is 0 Å². The Morgan fingerprint density at radius 2 is 1.68 bits per heavy atom. The fourth-order valence-electron chi connectivity index (χ4n) is 3.62. The second-order valence-corrected chi connectivity index (χ2v) is 6.96. The first-order chi connectivity index (χ1) is 13.5. The largest absolute Gasteiger partial charge is 0.497 e. The van der Waals surface area contributed by atoms with Crippen LogP contribution in [0.1, 0.15) is 36.4 Å². The summed E-state index contributed by atoms with van der Waals surface area (Å²) in [7, 11) is 4.74. The SMILES string of the molecule is CNC(=O)C(NC(=O)C1(c2ccc(OC)cc2)CCC1)c1cccc(OC)c1. The summed E-state index contributed by atoms with van der Waals surface area (Å²) < 4.78 is 10.5. The lowest BCUT2D eigenvalue weighted by molar-refractivity contribution is -0.134. The molecule has 2 aromatic carbocycles. The van der Waals surface area contributed by atoms with E-state index in [0.717, 1.165) is 30.6 Å². The Balaban J connectivity index is 1.88. The Labute approximate surface area is 165 Å². The molecule has 0 aromatic heterocycles. The Morgan fingerprint density at radius 3 is 2.21 bits per heavy atom. The van der Waals surface area contributed by atoms with Gasteiger partial charge in [-0.15, -0.1) is 0 Å². The second-order valence-electron chi connectivity index (χ2n) is 6.96. The quantitative estimate of drug-likeness (QED) is 0.772. The molecule has 1 aliphatic rings. The Bertz CT molecular complexity index is 844. The zero-order valence-corrected chi connectivity index (χ0v) is 16.5. The van der Waals surface area contributed by atoms with E-state index in [1.54, 1.807) is 39.5 Å². The van der Waals surface area contributed by atoms with Crippen molar-refractivity contribution in [1.29, 1.82) is 0 Å². The molecule has 3 rings (SSSR count). The van der Waals surface area contributed by atoms with E-state index >= 15 is 0 Å². The van der Waals surface area contributed by atoms with Gasteiger partial charge in [0, 0.05) is 7.05 Å². The number of nitrogens with one attached hydrogen (secondary N) is 2. The Morgan fingerprint density at radius 1 is 1.00 bits per heavy atom. The van der Waals surface area contributed by atoms with Crippen LogP contribution >= 0.6 is 0 Å². The van der Waals surface area contributed by atoms with Crippen LogP contribution in [-0.2, 0) is 15.0 Å². The van der Waals surface area contributed by atoms with Crippen LogP contribution in [0.3, 0.4) is 0 Å². The van der Waals surface area contributed by atoms with Crippen molar-refractivity contribution in [2.75, 3.05) is 21.3 Å². The van der Waals surface area contributed by atoms with Gasteiger partial charge in [0.25, 0.3) is 0 Å². The van der Waals surface area contributed by atoms with Gasteiger partial charge >= 0.3 is 0 Å². The minimum Gasteiger partial charge on any atom is -0.497 e. The number of rotatable bonds is 7. The van der Waals surface area contributed by atoms with Gasteiger partial charge in [-0.3, -0.25) is 9.59 Å². The van der Waals surface area contributed by atoms with Crippen LogP contribution in [0.2, 0.25) is 0 Å². The summed E-state index contributed by atoms with van der Waals surface area (Å²) in [5.41, 5.74) is 1.01. The zero-order chi connectivity index (χ0) is 20.1. The molecule has 0 radical (unpaired) electrons. The average molecular weight is 382 g/mol. The third kappa shape index (κ3) is 3.67. The summed E-state index contributed by atoms with van der Waals surface area (Å²) in [6.07, 6.45) is 2.48. The molecule has 1 saturated carbocycles. The number of hydrogen-bond acceptors (Lipinski definition) is 4. The van der Waals surface area contributed by atoms with Crippen molar-refractivity contribution in [2.24, 2.45) is 0 Å². The summed E-state index contributed by atoms with van der Waals surface area (Å²) in [5.74, 6) is 0.971. The number of amides is 2. The smallest absolute Gasteiger partial charge is 0.246 e. The van der Waals surface area contributed by atoms with Crippen LogP contribution in [0.4, 0.5) is 0 Å². The number of likely N-dealkylation sites (N-methyl/N-ethyl adjacent to an activating group) is 1. The highest BCUT2D eigenvalue weighted by molar-refractivity contribution is 5.94. The molecule has 1 unspecified atom stereocenters. The molecular weight excluding hydrogens is 356 g/mol. The molecule has 1 aliphatic carbocycles. The van der Waals surface area contributed by atoms with Crippen LogP contribution in [0.15, 0.2) is 48.5 Å². The molecular formula is C22H26N2O4. The predicted octanol–water partition coefficient (Wildman–Crippen LogP) is 2.73. The zero-order valence-electron chi connectivity index (χ0n) is 16.5. The number of benzene rings is 2. The van der Waals surface area contributed by atoms with E-state index in [9.17, 15) is 9.59 Å². The minimum atomic E-state index is -0.789. The molecule has 1 fully saturated rings. The number of methoxy groups -OCH3 is 2. The molecule has 0 saturated heterocycles. The van der Waals surface area contributed by atoms with Gasteiger partial charge in [0.1, 0.15) is 17.5 Å². The van der Waals surface area contributed by atoms with E-state index in [2.05, 4.69) is 10.6 Å². The van der Waals surface area contributed by atoms with Crippen molar-refractivity contribution in [3.05, 3.63) is 59.7 Å². The molecule has 148 valence electrons. The minimum absolute atomic E-state index is 0.139. The molecule has 0 spiro atoms. The Hall–Kier alpha value is -3.02. The van der Waals surface area contributed by atoms with E-state index in [4.69, 9.17) is 9.47 Å². The van der Waals surface area contributed by atoms with Gasteiger partial charge in [-0.2, -0.15) is 0 Å². The van der Waals surface area contributed by atoms with Gasteiger partial charge < -0.3 is 20.1 Å². The topological polar surface area (TPSA) is 76.7 Å². The molecule has 0 heterocycles. The molecule has 2 aromatic rings.